The van der Waals surface area contributed by atoms with Gasteiger partial charge < -0.3 is 15.4 Å². The van der Waals surface area contributed by atoms with E-state index in [-0.39, 0.29) is 6.04 Å². The number of ether oxygens (including phenoxy) is 1. The molecule has 0 saturated carbocycles. The van der Waals surface area contributed by atoms with Crippen LogP contribution in [0.3, 0.4) is 0 Å². The molecule has 4 heteroatoms. The van der Waals surface area contributed by atoms with Crippen LogP contribution in [0.4, 0.5) is 0 Å². The van der Waals surface area contributed by atoms with Gasteiger partial charge in [0, 0.05) is 6.54 Å². The average Bonchev–Trinajstić information content (AvgIpc) is 2.59. The van der Waals surface area contributed by atoms with Crippen molar-refractivity contribution in [1.82, 2.24) is 10.6 Å². The predicted octanol–water partition coefficient (Wildman–Crippen LogP) is 3.81. The predicted molar refractivity (Wildman–Crippen MR) is 95.0 cm³/mol. The van der Waals surface area contributed by atoms with Gasteiger partial charge in [0.15, 0.2) is 5.11 Å². The zero-order valence-electron chi connectivity index (χ0n) is 13.0. The topological polar surface area (TPSA) is 33.3 Å². The Hall–Kier alpha value is -2.07. The minimum absolute atomic E-state index is 0.196. The molecule has 3 nitrogen and oxygen atoms in total. The van der Waals surface area contributed by atoms with Gasteiger partial charge in [0.2, 0.25) is 0 Å². The van der Waals surface area contributed by atoms with E-state index in [1.807, 2.05) is 30.3 Å². The maximum absolute atomic E-state index is 5.40. The molecule has 0 radical (unpaired) electrons. The van der Waals surface area contributed by atoms with Crippen LogP contribution < -0.4 is 15.4 Å². The minimum Gasteiger partial charge on any atom is -0.497 e. The second kappa shape index (κ2) is 8.39. The number of thiocarbonyl (C=S) groups is 1. The molecule has 1 atom stereocenters. The van der Waals surface area contributed by atoms with Crippen molar-refractivity contribution < 1.29 is 4.74 Å². The highest BCUT2D eigenvalue weighted by Gasteiger charge is 2.10. The summed E-state index contributed by atoms with van der Waals surface area (Å²) in [4.78, 5) is 0. The SMILES string of the molecule is CC[C@@H](NC(=S)NCc1ccccc1)c1ccc(OC)cc1. The molecule has 0 unspecified atom stereocenters. The van der Waals surface area contributed by atoms with Crippen LogP contribution in [0.1, 0.15) is 30.5 Å². The summed E-state index contributed by atoms with van der Waals surface area (Å²) in [6.07, 6.45) is 0.958. The van der Waals surface area contributed by atoms with E-state index in [0.29, 0.717) is 5.11 Å². The number of rotatable bonds is 6. The van der Waals surface area contributed by atoms with Crippen LogP contribution in [-0.2, 0) is 6.54 Å². The van der Waals surface area contributed by atoms with Gasteiger partial charge in [-0.2, -0.15) is 0 Å². The third-order valence-electron chi connectivity index (χ3n) is 3.53. The van der Waals surface area contributed by atoms with Crippen LogP contribution in [0.5, 0.6) is 5.75 Å². The number of hydrogen-bond donors (Lipinski definition) is 2. The molecule has 116 valence electrons. The molecule has 0 saturated heterocycles. The lowest BCUT2D eigenvalue weighted by Gasteiger charge is -2.20. The lowest BCUT2D eigenvalue weighted by molar-refractivity contribution is 0.414. The van der Waals surface area contributed by atoms with Crippen molar-refractivity contribution >= 4 is 17.3 Å². The lowest BCUT2D eigenvalue weighted by Crippen LogP contribution is -2.37. The molecule has 22 heavy (non-hydrogen) atoms. The first-order chi connectivity index (χ1) is 10.7. The van der Waals surface area contributed by atoms with Gasteiger partial charge in [-0.3, -0.25) is 0 Å². The van der Waals surface area contributed by atoms with Crippen LogP contribution in [0.2, 0.25) is 0 Å². The van der Waals surface area contributed by atoms with E-state index in [2.05, 4.69) is 41.8 Å². The normalized spacial score (nSPS) is 11.5. The van der Waals surface area contributed by atoms with E-state index in [9.17, 15) is 0 Å². The molecular formula is C18H22N2OS. The van der Waals surface area contributed by atoms with Crippen LogP contribution in [-0.4, -0.2) is 12.2 Å². The summed E-state index contributed by atoms with van der Waals surface area (Å²) in [5, 5.41) is 7.29. The van der Waals surface area contributed by atoms with Gasteiger partial charge in [-0.15, -0.1) is 0 Å². The lowest BCUT2D eigenvalue weighted by atomic mass is 10.0. The quantitative estimate of drug-likeness (QED) is 0.794. The average molecular weight is 314 g/mol. The molecule has 0 heterocycles. The Bertz CT molecular complexity index is 584. The van der Waals surface area contributed by atoms with Gasteiger partial charge in [0.1, 0.15) is 5.75 Å². The molecule has 0 aliphatic carbocycles. The first kappa shape index (κ1) is 16.3. The molecule has 0 aromatic heterocycles. The third-order valence-corrected chi connectivity index (χ3v) is 3.79. The highest BCUT2D eigenvalue weighted by atomic mass is 32.1. The summed E-state index contributed by atoms with van der Waals surface area (Å²) < 4.78 is 5.19. The van der Waals surface area contributed by atoms with Crippen LogP contribution in [0.25, 0.3) is 0 Å². The maximum atomic E-state index is 5.40. The summed E-state index contributed by atoms with van der Waals surface area (Å²) >= 11 is 5.40. The van der Waals surface area contributed by atoms with Gasteiger partial charge in [0.05, 0.1) is 13.2 Å². The van der Waals surface area contributed by atoms with Crippen molar-refractivity contribution in [2.45, 2.75) is 25.9 Å². The van der Waals surface area contributed by atoms with Crippen LogP contribution in [0, 0.1) is 0 Å². The fraction of sp³-hybridized carbons (Fsp3) is 0.278. The summed E-state index contributed by atoms with van der Waals surface area (Å²) in [7, 11) is 1.67. The molecular weight excluding hydrogens is 292 g/mol. The Morgan fingerprint density at radius 2 is 1.77 bits per heavy atom. The first-order valence-electron chi connectivity index (χ1n) is 7.45. The number of hydrogen-bond acceptors (Lipinski definition) is 2. The van der Waals surface area contributed by atoms with E-state index in [4.69, 9.17) is 17.0 Å². The molecule has 0 amide bonds. The standard InChI is InChI=1S/C18H22N2OS/c1-3-17(15-9-11-16(21-2)12-10-15)20-18(22)19-13-14-7-5-4-6-8-14/h4-12,17H,3,13H2,1-2H3,(H2,19,20,22)/t17-/m1/s1. The molecule has 0 bridgehead atoms. The molecule has 0 fully saturated rings. The van der Waals surface area contributed by atoms with Crippen molar-refractivity contribution in [2.24, 2.45) is 0 Å². The van der Waals surface area contributed by atoms with E-state index in [0.717, 1.165) is 18.7 Å². The van der Waals surface area contributed by atoms with Crippen molar-refractivity contribution in [2.75, 3.05) is 7.11 Å². The molecule has 0 spiro atoms. The fourth-order valence-electron chi connectivity index (χ4n) is 2.24. The van der Waals surface area contributed by atoms with E-state index < -0.39 is 0 Å². The zero-order valence-corrected chi connectivity index (χ0v) is 13.8. The van der Waals surface area contributed by atoms with Crippen molar-refractivity contribution in [3.8, 4) is 5.75 Å². The monoisotopic (exact) mass is 314 g/mol. The van der Waals surface area contributed by atoms with Crippen molar-refractivity contribution in [3.63, 3.8) is 0 Å². The van der Waals surface area contributed by atoms with Gasteiger partial charge in [-0.05, 0) is 41.9 Å². The number of benzene rings is 2. The van der Waals surface area contributed by atoms with Crippen LogP contribution >= 0.6 is 12.2 Å². The Morgan fingerprint density at radius 3 is 2.36 bits per heavy atom. The molecule has 2 aromatic carbocycles. The molecule has 2 aromatic rings. The van der Waals surface area contributed by atoms with E-state index in [1.165, 1.54) is 11.1 Å². The zero-order chi connectivity index (χ0) is 15.8. The molecule has 2 N–H and O–H groups in total. The van der Waals surface area contributed by atoms with E-state index >= 15 is 0 Å². The summed E-state index contributed by atoms with van der Waals surface area (Å²) in [5.41, 5.74) is 2.41. The van der Waals surface area contributed by atoms with Crippen molar-refractivity contribution in [3.05, 3.63) is 65.7 Å². The fourth-order valence-corrected chi connectivity index (χ4v) is 2.46. The second-order valence-corrected chi connectivity index (χ2v) is 5.45. The van der Waals surface area contributed by atoms with Crippen LogP contribution in [0.15, 0.2) is 54.6 Å². The number of nitrogens with one attached hydrogen (secondary N) is 2. The minimum atomic E-state index is 0.196. The van der Waals surface area contributed by atoms with Crippen molar-refractivity contribution in [1.29, 1.82) is 0 Å². The first-order valence-corrected chi connectivity index (χ1v) is 7.86. The van der Waals surface area contributed by atoms with Gasteiger partial charge >= 0.3 is 0 Å². The Kier molecular flexibility index (Phi) is 6.22. The highest BCUT2D eigenvalue weighted by molar-refractivity contribution is 7.80. The number of methoxy groups -OCH3 is 1. The Morgan fingerprint density at radius 1 is 1.09 bits per heavy atom. The Labute approximate surface area is 137 Å². The van der Waals surface area contributed by atoms with Gasteiger partial charge in [0.25, 0.3) is 0 Å². The summed E-state index contributed by atoms with van der Waals surface area (Å²) in [6.45, 7) is 2.87. The van der Waals surface area contributed by atoms with E-state index in [1.54, 1.807) is 7.11 Å². The Balaban J connectivity index is 1.90. The molecule has 0 aliphatic heterocycles. The smallest absolute Gasteiger partial charge is 0.167 e. The van der Waals surface area contributed by atoms with Gasteiger partial charge in [-0.25, -0.2) is 0 Å². The van der Waals surface area contributed by atoms with Gasteiger partial charge in [-0.1, -0.05) is 49.4 Å². The third kappa shape index (κ3) is 4.74. The summed E-state index contributed by atoms with van der Waals surface area (Å²) in [5.74, 6) is 0.864. The molecule has 0 aliphatic rings. The highest BCUT2D eigenvalue weighted by Crippen LogP contribution is 2.19. The maximum Gasteiger partial charge on any atom is 0.167 e. The second-order valence-electron chi connectivity index (χ2n) is 5.05. The summed E-state index contributed by atoms with van der Waals surface area (Å²) in [6, 6.07) is 18.5. The molecule has 2 rings (SSSR count). The largest absolute Gasteiger partial charge is 0.497 e.